The van der Waals surface area contributed by atoms with E-state index in [1.165, 1.54) is 17.3 Å². The molecule has 0 unspecified atom stereocenters. The highest BCUT2D eigenvalue weighted by Crippen LogP contribution is 2.26. The van der Waals surface area contributed by atoms with Crippen LogP contribution < -0.4 is 0 Å². The maximum absolute atomic E-state index is 5.50. The van der Waals surface area contributed by atoms with Crippen LogP contribution in [0.15, 0.2) is 56.8 Å². The minimum absolute atomic E-state index is 0.257. The number of furan rings is 1. The Morgan fingerprint density at radius 1 is 1.10 bits per heavy atom. The van der Waals surface area contributed by atoms with Gasteiger partial charge in [0.2, 0.25) is 11.7 Å². The Labute approximate surface area is 173 Å². The van der Waals surface area contributed by atoms with Gasteiger partial charge in [-0.25, -0.2) is 0 Å². The summed E-state index contributed by atoms with van der Waals surface area (Å²) < 4.78 is 13.0. The first-order valence-corrected chi connectivity index (χ1v) is 10.6. The first kappa shape index (κ1) is 19.4. The second-order valence-electron chi connectivity index (χ2n) is 7.01. The summed E-state index contributed by atoms with van der Waals surface area (Å²) in [7, 11) is 0. The standard InChI is InChI=1S/C21H23N5O2S/c1-4-15-7-9-16(10-8-15)19-22-18(28-25-19)13-29-21-24-23-20(14(2)3)26(21)12-17-6-5-11-27-17/h5-11,14H,4,12-13H2,1-3H3. The Bertz CT molecular complexity index is 1050. The van der Waals surface area contributed by atoms with Gasteiger partial charge in [0.15, 0.2) is 5.16 Å². The third-order valence-electron chi connectivity index (χ3n) is 4.57. The number of thioether (sulfide) groups is 1. The van der Waals surface area contributed by atoms with E-state index in [1.807, 2.05) is 24.3 Å². The molecule has 7 nitrogen and oxygen atoms in total. The Hall–Kier alpha value is -2.87. The maximum Gasteiger partial charge on any atom is 0.237 e. The largest absolute Gasteiger partial charge is 0.467 e. The van der Waals surface area contributed by atoms with Crippen LogP contribution in [-0.4, -0.2) is 24.9 Å². The van der Waals surface area contributed by atoms with Gasteiger partial charge in [0, 0.05) is 11.5 Å². The molecule has 0 fully saturated rings. The van der Waals surface area contributed by atoms with Crippen molar-refractivity contribution in [2.24, 2.45) is 0 Å². The smallest absolute Gasteiger partial charge is 0.237 e. The zero-order valence-electron chi connectivity index (χ0n) is 16.7. The van der Waals surface area contributed by atoms with Gasteiger partial charge in [-0.2, -0.15) is 4.98 Å². The monoisotopic (exact) mass is 409 g/mol. The molecule has 1 aromatic carbocycles. The van der Waals surface area contributed by atoms with Gasteiger partial charge in [-0.3, -0.25) is 4.57 Å². The van der Waals surface area contributed by atoms with E-state index in [1.54, 1.807) is 6.26 Å². The van der Waals surface area contributed by atoms with E-state index in [0.29, 0.717) is 24.0 Å². The van der Waals surface area contributed by atoms with Gasteiger partial charge in [-0.05, 0) is 24.1 Å². The molecule has 4 rings (SSSR count). The van der Waals surface area contributed by atoms with Crippen molar-refractivity contribution in [1.82, 2.24) is 24.9 Å². The number of hydrogen-bond acceptors (Lipinski definition) is 7. The Balaban J connectivity index is 1.48. The highest BCUT2D eigenvalue weighted by molar-refractivity contribution is 7.98. The molecule has 0 aliphatic carbocycles. The number of benzene rings is 1. The van der Waals surface area contributed by atoms with Crippen molar-refractivity contribution < 1.29 is 8.94 Å². The van der Waals surface area contributed by atoms with Crippen molar-refractivity contribution in [1.29, 1.82) is 0 Å². The van der Waals surface area contributed by atoms with Crippen LogP contribution in [0, 0.1) is 0 Å². The number of aromatic nitrogens is 5. The molecule has 8 heteroatoms. The zero-order valence-corrected chi connectivity index (χ0v) is 17.5. The predicted molar refractivity (Wildman–Crippen MR) is 111 cm³/mol. The molecule has 0 N–H and O–H groups in total. The fourth-order valence-electron chi connectivity index (χ4n) is 2.99. The Morgan fingerprint density at radius 3 is 2.62 bits per heavy atom. The van der Waals surface area contributed by atoms with Gasteiger partial charge in [0.1, 0.15) is 11.6 Å². The molecule has 0 aliphatic rings. The van der Waals surface area contributed by atoms with Crippen LogP contribution in [0.2, 0.25) is 0 Å². The molecule has 0 spiro atoms. The summed E-state index contributed by atoms with van der Waals surface area (Å²) >= 11 is 1.53. The second kappa shape index (κ2) is 8.65. The summed E-state index contributed by atoms with van der Waals surface area (Å²) in [5.74, 6) is 3.73. The fraction of sp³-hybridized carbons (Fsp3) is 0.333. The van der Waals surface area contributed by atoms with E-state index >= 15 is 0 Å². The first-order chi connectivity index (χ1) is 14.1. The number of hydrogen-bond donors (Lipinski definition) is 0. The molecule has 0 radical (unpaired) electrons. The van der Waals surface area contributed by atoms with Crippen molar-refractivity contribution in [2.75, 3.05) is 0 Å². The van der Waals surface area contributed by atoms with Crippen molar-refractivity contribution in [3.63, 3.8) is 0 Å². The molecule has 0 amide bonds. The van der Waals surface area contributed by atoms with Crippen LogP contribution in [0.3, 0.4) is 0 Å². The summed E-state index contributed by atoms with van der Waals surface area (Å²) in [5, 5.41) is 13.6. The highest BCUT2D eigenvalue weighted by atomic mass is 32.2. The number of nitrogens with zero attached hydrogens (tertiary/aromatic N) is 5. The lowest BCUT2D eigenvalue weighted by atomic mass is 10.1. The lowest BCUT2D eigenvalue weighted by Crippen LogP contribution is -2.07. The summed E-state index contributed by atoms with van der Waals surface area (Å²) in [4.78, 5) is 4.52. The molecule has 4 aromatic rings. The third kappa shape index (κ3) is 4.42. The van der Waals surface area contributed by atoms with E-state index in [2.05, 4.69) is 57.8 Å². The SMILES string of the molecule is CCc1ccc(-c2noc(CSc3nnc(C(C)C)n3Cc3ccco3)n2)cc1. The normalized spacial score (nSPS) is 11.4. The van der Waals surface area contributed by atoms with Crippen molar-refractivity contribution in [3.05, 3.63) is 65.7 Å². The molecule has 0 bridgehead atoms. The van der Waals surface area contributed by atoms with E-state index in [-0.39, 0.29) is 5.92 Å². The average Bonchev–Trinajstić information content (AvgIpc) is 3.48. The number of aryl methyl sites for hydroxylation is 1. The minimum Gasteiger partial charge on any atom is -0.467 e. The van der Waals surface area contributed by atoms with Crippen LogP contribution >= 0.6 is 11.8 Å². The summed E-state index contributed by atoms with van der Waals surface area (Å²) in [6.07, 6.45) is 2.68. The molecule has 0 saturated carbocycles. The van der Waals surface area contributed by atoms with E-state index in [9.17, 15) is 0 Å². The Morgan fingerprint density at radius 2 is 1.93 bits per heavy atom. The minimum atomic E-state index is 0.257. The summed E-state index contributed by atoms with van der Waals surface area (Å²) in [5.41, 5.74) is 2.23. The van der Waals surface area contributed by atoms with Gasteiger partial charge in [-0.15, -0.1) is 10.2 Å². The highest BCUT2D eigenvalue weighted by Gasteiger charge is 2.18. The van der Waals surface area contributed by atoms with Crippen molar-refractivity contribution in [3.8, 4) is 11.4 Å². The molecule has 3 heterocycles. The molecule has 0 atom stereocenters. The van der Waals surface area contributed by atoms with Gasteiger partial charge in [-0.1, -0.05) is 62.0 Å². The molecule has 150 valence electrons. The Kier molecular flexibility index (Phi) is 5.80. The van der Waals surface area contributed by atoms with E-state index in [0.717, 1.165) is 28.7 Å². The molecule has 3 aromatic heterocycles. The lowest BCUT2D eigenvalue weighted by Gasteiger charge is -2.10. The summed E-state index contributed by atoms with van der Waals surface area (Å²) in [6.45, 7) is 6.93. The quantitative estimate of drug-likeness (QED) is 0.381. The van der Waals surface area contributed by atoms with Crippen LogP contribution in [0.25, 0.3) is 11.4 Å². The van der Waals surface area contributed by atoms with Crippen molar-refractivity contribution >= 4 is 11.8 Å². The number of rotatable bonds is 8. The molecular formula is C21H23N5O2S. The van der Waals surface area contributed by atoms with Crippen LogP contribution in [0.1, 0.15) is 49.7 Å². The first-order valence-electron chi connectivity index (χ1n) is 9.64. The van der Waals surface area contributed by atoms with E-state index < -0.39 is 0 Å². The van der Waals surface area contributed by atoms with Gasteiger partial charge in [0.25, 0.3) is 0 Å². The van der Waals surface area contributed by atoms with E-state index in [4.69, 9.17) is 8.94 Å². The second-order valence-corrected chi connectivity index (χ2v) is 7.95. The molecule has 29 heavy (non-hydrogen) atoms. The van der Waals surface area contributed by atoms with Gasteiger partial charge < -0.3 is 8.94 Å². The van der Waals surface area contributed by atoms with Gasteiger partial charge >= 0.3 is 0 Å². The molecule has 0 aliphatic heterocycles. The maximum atomic E-state index is 5.50. The molecule has 0 saturated heterocycles. The zero-order chi connectivity index (χ0) is 20.2. The van der Waals surface area contributed by atoms with Crippen LogP contribution in [0.5, 0.6) is 0 Å². The topological polar surface area (TPSA) is 82.8 Å². The summed E-state index contributed by atoms with van der Waals surface area (Å²) in [6, 6.07) is 12.1. The molecular weight excluding hydrogens is 386 g/mol. The lowest BCUT2D eigenvalue weighted by molar-refractivity contribution is 0.391. The predicted octanol–water partition coefficient (Wildman–Crippen LogP) is 4.95. The van der Waals surface area contributed by atoms with Crippen LogP contribution in [0.4, 0.5) is 0 Å². The third-order valence-corrected chi connectivity index (χ3v) is 5.52. The fourth-order valence-corrected chi connectivity index (χ4v) is 3.77. The average molecular weight is 410 g/mol. The van der Waals surface area contributed by atoms with Crippen LogP contribution in [-0.2, 0) is 18.7 Å². The van der Waals surface area contributed by atoms with Gasteiger partial charge in [0.05, 0.1) is 18.6 Å². The van der Waals surface area contributed by atoms with Crippen molar-refractivity contribution in [2.45, 2.75) is 50.6 Å².